The monoisotopic (exact) mass is 618 g/mol. The molecule has 0 amide bonds. The molecule has 38 heavy (non-hydrogen) atoms. The second kappa shape index (κ2) is 32.5. The predicted octanol–water partition coefficient (Wildman–Crippen LogP) is 13.9. The summed E-state index contributed by atoms with van der Waals surface area (Å²) in [5.74, 6) is 0. The van der Waals surface area contributed by atoms with Crippen molar-refractivity contribution in [1.82, 2.24) is 0 Å². The maximum absolute atomic E-state index is 3.89. The van der Waals surface area contributed by atoms with Crippen molar-refractivity contribution in [3.8, 4) is 0 Å². The fraction of sp³-hybridized carbons (Fsp3) is 1.00. The summed E-state index contributed by atoms with van der Waals surface area (Å²) in [5.41, 5.74) is -0.816. The van der Waals surface area contributed by atoms with Gasteiger partial charge in [0.2, 0.25) is 0 Å². The molecule has 0 radical (unpaired) electrons. The van der Waals surface area contributed by atoms with Crippen LogP contribution in [0.1, 0.15) is 213 Å². The van der Waals surface area contributed by atoms with Gasteiger partial charge in [0.15, 0.2) is 0 Å². The summed E-state index contributed by atoms with van der Waals surface area (Å²) >= 11 is 3.89. The second-order valence-corrected chi connectivity index (χ2v) is 21.1. The van der Waals surface area contributed by atoms with Gasteiger partial charge >= 0.3 is 232 Å². The molecule has 0 N–H and O–H groups in total. The smallest absolute Gasteiger partial charge is 0.0654 e. The summed E-state index contributed by atoms with van der Waals surface area (Å²) < 4.78 is 0. The van der Waals surface area contributed by atoms with Crippen LogP contribution in [0.5, 0.6) is 0 Å². The second-order valence-electron chi connectivity index (χ2n) is 12.8. The van der Waals surface area contributed by atoms with E-state index in [2.05, 4.69) is 35.9 Å². The summed E-state index contributed by atoms with van der Waals surface area (Å²) in [7, 11) is 0. The van der Waals surface area contributed by atoms with Gasteiger partial charge in [0, 0.05) is 0 Å². The third-order valence-corrected chi connectivity index (χ3v) is 15.6. The third-order valence-electron chi connectivity index (χ3n) is 8.76. The van der Waals surface area contributed by atoms with E-state index in [4.69, 9.17) is 0 Å². The molecule has 0 nitrogen and oxygen atoms in total. The molecule has 0 aliphatic carbocycles. The van der Waals surface area contributed by atoms with E-state index in [1.165, 1.54) is 193 Å². The molecule has 0 aromatic carbocycles. The molecule has 0 atom stereocenters. The van der Waals surface area contributed by atoms with Gasteiger partial charge in [-0.1, -0.05) is 20.8 Å². The van der Waals surface area contributed by atoms with Crippen molar-refractivity contribution in [2.24, 2.45) is 0 Å². The third kappa shape index (κ3) is 29.9. The van der Waals surface area contributed by atoms with E-state index in [9.17, 15) is 0 Å². The van der Waals surface area contributed by atoms with Crippen molar-refractivity contribution in [2.45, 2.75) is 213 Å². The average molecular weight is 618 g/mol. The average Bonchev–Trinajstić information content (AvgIpc) is 2.92. The molecule has 0 aromatic heterocycles. The van der Waals surface area contributed by atoms with Crippen molar-refractivity contribution in [2.75, 3.05) is 18.5 Å². The maximum atomic E-state index is 3.89. The van der Waals surface area contributed by atoms with Crippen molar-refractivity contribution in [3.63, 3.8) is 0 Å². The summed E-state index contributed by atoms with van der Waals surface area (Å²) in [4.78, 5) is 0. The van der Waals surface area contributed by atoms with Gasteiger partial charge in [0.1, 0.15) is 0 Å². The molecular formula is C36H75PSe. The van der Waals surface area contributed by atoms with Gasteiger partial charge in [-0.25, -0.2) is 0 Å². The quantitative estimate of drug-likeness (QED) is 0.0390. The van der Waals surface area contributed by atoms with Crippen LogP contribution in [0, 0.1) is 0 Å². The van der Waals surface area contributed by atoms with Crippen LogP contribution in [-0.4, -0.2) is 33.6 Å². The van der Waals surface area contributed by atoms with Crippen molar-refractivity contribution >= 4 is 20.6 Å². The zero-order valence-corrected chi connectivity index (χ0v) is 29.8. The van der Waals surface area contributed by atoms with Crippen LogP contribution in [0.2, 0.25) is 0 Å². The van der Waals surface area contributed by atoms with E-state index in [1.54, 1.807) is 18.5 Å². The van der Waals surface area contributed by atoms with Crippen LogP contribution in [0.4, 0.5) is 0 Å². The van der Waals surface area contributed by atoms with E-state index in [-0.39, 0.29) is 0 Å². The van der Waals surface area contributed by atoms with Crippen LogP contribution < -0.4 is 0 Å². The molecule has 0 saturated carbocycles. The fourth-order valence-electron chi connectivity index (χ4n) is 6.00. The van der Waals surface area contributed by atoms with Gasteiger partial charge in [-0.15, -0.1) is 0 Å². The summed E-state index contributed by atoms with van der Waals surface area (Å²) in [6.45, 7) is 6.96. The van der Waals surface area contributed by atoms with Crippen LogP contribution >= 0.6 is 5.51 Å². The van der Waals surface area contributed by atoms with Crippen molar-refractivity contribution in [1.29, 1.82) is 0 Å². The van der Waals surface area contributed by atoms with Crippen molar-refractivity contribution in [3.05, 3.63) is 0 Å². The Hall–Kier alpha value is 0.949. The predicted molar refractivity (Wildman–Crippen MR) is 183 cm³/mol. The van der Waals surface area contributed by atoms with Gasteiger partial charge in [0.25, 0.3) is 0 Å². The molecule has 0 aromatic rings. The molecule has 2 heteroatoms. The Morgan fingerprint density at radius 2 is 0.421 bits per heavy atom. The van der Waals surface area contributed by atoms with E-state index in [1.807, 2.05) is 0 Å². The van der Waals surface area contributed by atoms with E-state index >= 15 is 0 Å². The molecule has 0 aliphatic rings. The van der Waals surface area contributed by atoms with Crippen molar-refractivity contribution < 1.29 is 0 Å². The van der Waals surface area contributed by atoms with Crippen LogP contribution in [0.25, 0.3) is 0 Å². The Balaban J connectivity index is 4.07. The molecule has 230 valence electrons. The summed E-state index contributed by atoms with van der Waals surface area (Å²) in [6.07, 6.45) is 48.8. The van der Waals surface area contributed by atoms with Gasteiger partial charge in [-0.05, 0) is 0 Å². The molecule has 0 rings (SSSR count). The summed E-state index contributed by atoms with van der Waals surface area (Å²) in [6, 6.07) is 0. The Labute approximate surface area is 251 Å². The van der Waals surface area contributed by atoms with Crippen LogP contribution in [0.3, 0.4) is 0 Å². The molecule has 0 unspecified atom stereocenters. The molecular weight excluding hydrogens is 542 g/mol. The number of hydrogen-bond donors (Lipinski definition) is 0. The minimum atomic E-state index is -0.816. The van der Waals surface area contributed by atoms with Gasteiger partial charge < -0.3 is 0 Å². The Morgan fingerprint density at radius 1 is 0.263 bits per heavy atom. The normalized spacial score (nSPS) is 12.0. The molecule has 0 saturated heterocycles. The van der Waals surface area contributed by atoms with E-state index in [0.29, 0.717) is 0 Å². The minimum Gasteiger partial charge on any atom is -0.0654 e. The molecule has 0 bridgehead atoms. The van der Waals surface area contributed by atoms with Gasteiger partial charge in [-0.2, -0.15) is 0 Å². The minimum absolute atomic E-state index is 0.816. The number of rotatable bonds is 33. The SMILES string of the molecule is CCCCCCCCCCCCP(=[Se])(CCCCCCCCCCCC)CCCCCCCCCCCC. The van der Waals surface area contributed by atoms with Gasteiger partial charge in [-0.3, -0.25) is 0 Å². The Kier molecular flexibility index (Phi) is 33.3. The molecule has 0 fully saturated rings. The Morgan fingerprint density at radius 3 is 0.605 bits per heavy atom. The molecule has 0 spiro atoms. The van der Waals surface area contributed by atoms with E-state index in [0.717, 1.165) is 0 Å². The van der Waals surface area contributed by atoms with Crippen LogP contribution in [-0.2, 0) is 0 Å². The number of unbranched alkanes of at least 4 members (excludes halogenated alkanes) is 27. The van der Waals surface area contributed by atoms with Crippen LogP contribution in [0.15, 0.2) is 0 Å². The Bertz CT molecular complexity index is 407. The standard InChI is InChI=1S/C36H75PSe/c1-4-7-10-13-16-19-22-25-28-31-34-37(38,35-32-29-26-23-20-17-14-11-8-5-2)36-33-30-27-24-21-18-15-12-9-6-3/h4-36H2,1-3H3. The zero-order valence-electron chi connectivity index (χ0n) is 27.2. The molecule has 0 heterocycles. The first-order valence-electron chi connectivity index (χ1n) is 18.3. The van der Waals surface area contributed by atoms with Gasteiger partial charge in [0.05, 0.1) is 0 Å². The fourth-order valence-corrected chi connectivity index (χ4v) is 11.5. The zero-order chi connectivity index (χ0) is 27.8. The first kappa shape index (κ1) is 38.9. The number of hydrogen-bond acceptors (Lipinski definition) is 0. The molecule has 0 aliphatic heterocycles. The summed E-state index contributed by atoms with van der Waals surface area (Å²) in [5, 5.41) is 0. The van der Waals surface area contributed by atoms with E-state index < -0.39 is 5.51 Å². The first-order valence-corrected chi connectivity index (χ1v) is 22.8. The topological polar surface area (TPSA) is 0 Å². The first-order chi connectivity index (χ1) is 18.7.